The molecule has 3 nitrogen and oxygen atoms in total. The Morgan fingerprint density at radius 2 is 1.95 bits per heavy atom. The fourth-order valence-electron chi connectivity index (χ4n) is 1.87. The molecule has 0 aliphatic heterocycles. The number of rotatable bonds is 5. The molecule has 20 heavy (non-hydrogen) atoms. The molecule has 0 amide bonds. The zero-order valence-electron chi connectivity index (χ0n) is 11.2. The number of benzene rings is 2. The molecular weight excluding hydrogens is 255 g/mol. The normalized spacial score (nSPS) is 9.85. The van der Waals surface area contributed by atoms with Crippen molar-refractivity contribution >= 4 is 5.69 Å². The number of hydrogen-bond acceptors (Lipinski definition) is 3. The van der Waals surface area contributed by atoms with Crippen LogP contribution in [0.2, 0.25) is 0 Å². The fraction of sp³-hybridized carbons (Fsp3) is 0.188. The summed E-state index contributed by atoms with van der Waals surface area (Å²) in [7, 11) is 0. The van der Waals surface area contributed by atoms with Gasteiger partial charge in [0.1, 0.15) is 17.6 Å². The van der Waals surface area contributed by atoms with Gasteiger partial charge >= 0.3 is 0 Å². The van der Waals surface area contributed by atoms with Gasteiger partial charge in [-0.2, -0.15) is 5.26 Å². The van der Waals surface area contributed by atoms with Crippen LogP contribution in [-0.4, -0.2) is 6.61 Å². The molecule has 0 heterocycles. The Morgan fingerprint density at radius 3 is 2.60 bits per heavy atom. The zero-order valence-corrected chi connectivity index (χ0v) is 11.2. The van der Waals surface area contributed by atoms with Crippen molar-refractivity contribution in [1.29, 1.82) is 5.26 Å². The molecular formula is C16H15FN2O. The van der Waals surface area contributed by atoms with E-state index in [0.717, 1.165) is 11.1 Å². The van der Waals surface area contributed by atoms with Crippen LogP contribution >= 0.6 is 0 Å². The second-order valence-corrected chi connectivity index (χ2v) is 4.38. The first-order chi connectivity index (χ1) is 9.70. The number of nitrogens with one attached hydrogen (secondary N) is 1. The number of aryl methyl sites for hydroxylation is 1. The van der Waals surface area contributed by atoms with Crippen LogP contribution in [0.4, 0.5) is 10.1 Å². The van der Waals surface area contributed by atoms with Crippen molar-refractivity contribution in [1.82, 2.24) is 0 Å². The van der Waals surface area contributed by atoms with E-state index in [2.05, 4.69) is 5.32 Å². The number of anilines is 1. The maximum Gasteiger partial charge on any atom is 0.174 e. The van der Waals surface area contributed by atoms with Crippen LogP contribution in [0.5, 0.6) is 5.75 Å². The van der Waals surface area contributed by atoms with E-state index in [1.54, 1.807) is 18.2 Å². The molecule has 1 N–H and O–H groups in total. The van der Waals surface area contributed by atoms with Gasteiger partial charge in [-0.1, -0.05) is 24.3 Å². The topological polar surface area (TPSA) is 45.0 Å². The Kier molecular flexibility index (Phi) is 4.56. The summed E-state index contributed by atoms with van der Waals surface area (Å²) in [6.45, 7) is 2.43. The van der Waals surface area contributed by atoms with Gasteiger partial charge in [0.2, 0.25) is 0 Å². The molecule has 2 rings (SSSR count). The standard InChI is InChI=1S/C16H15FN2O/c1-12-3-2-4-15(17)16(12)19-11-13-5-7-14(8-6-13)20-10-9-18/h2-8,19H,10-11H2,1H3. The first-order valence-electron chi connectivity index (χ1n) is 6.28. The molecule has 0 aliphatic carbocycles. The van der Waals surface area contributed by atoms with Crippen LogP contribution in [0.3, 0.4) is 0 Å². The maximum absolute atomic E-state index is 13.6. The van der Waals surface area contributed by atoms with E-state index >= 15 is 0 Å². The lowest BCUT2D eigenvalue weighted by Gasteiger charge is -2.11. The quantitative estimate of drug-likeness (QED) is 0.902. The lowest BCUT2D eigenvalue weighted by atomic mass is 10.1. The van der Waals surface area contributed by atoms with E-state index < -0.39 is 0 Å². The molecule has 2 aromatic carbocycles. The van der Waals surface area contributed by atoms with Crippen molar-refractivity contribution < 1.29 is 9.13 Å². The third-order valence-electron chi connectivity index (χ3n) is 2.92. The molecule has 0 aliphatic rings. The van der Waals surface area contributed by atoms with Gasteiger partial charge in [-0.25, -0.2) is 4.39 Å². The highest BCUT2D eigenvalue weighted by Crippen LogP contribution is 2.20. The highest BCUT2D eigenvalue weighted by Gasteiger charge is 2.04. The number of nitriles is 1. The van der Waals surface area contributed by atoms with Gasteiger partial charge in [0.15, 0.2) is 6.61 Å². The lowest BCUT2D eigenvalue weighted by Crippen LogP contribution is -2.03. The number of ether oxygens (including phenoxy) is 1. The van der Waals surface area contributed by atoms with E-state index in [4.69, 9.17) is 10.00 Å². The largest absolute Gasteiger partial charge is 0.479 e. The van der Waals surface area contributed by atoms with Crippen molar-refractivity contribution in [2.45, 2.75) is 13.5 Å². The monoisotopic (exact) mass is 270 g/mol. The Morgan fingerprint density at radius 1 is 1.20 bits per heavy atom. The van der Waals surface area contributed by atoms with Gasteiger partial charge < -0.3 is 10.1 Å². The highest BCUT2D eigenvalue weighted by atomic mass is 19.1. The summed E-state index contributed by atoms with van der Waals surface area (Å²) in [5, 5.41) is 11.5. The first kappa shape index (κ1) is 13.9. The summed E-state index contributed by atoms with van der Waals surface area (Å²) in [4.78, 5) is 0. The third kappa shape index (κ3) is 3.48. The van der Waals surface area contributed by atoms with Crippen molar-refractivity contribution in [3.63, 3.8) is 0 Å². The summed E-state index contributed by atoms with van der Waals surface area (Å²) < 4.78 is 18.8. The average Bonchev–Trinajstić information content (AvgIpc) is 2.46. The van der Waals surface area contributed by atoms with Crippen LogP contribution in [0.1, 0.15) is 11.1 Å². The number of para-hydroxylation sites is 1. The minimum absolute atomic E-state index is 0.0337. The average molecular weight is 270 g/mol. The molecule has 102 valence electrons. The van der Waals surface area contributed by atoms with Crippen molar-refractivity contribution in [2.24, 2.45) is 0 Å². The van der Waals surface area contributed by atoms with Crippen LogP contribution in [0.25, 0.3) is 0 Å². The Hall–Kier alpha value is -2.54. The Bertz CT molecular complexity index is 597. The smallest absolute Gasteiger partial charge is 0.174 e. The van der Waals surface area contributed by atoms with Gasteiger partial charge in [-0.3, -0.25) is 0 Å². The molecule has 4 heteroatoms. The minimum atomic E-state index is -0.251. The molecule has 0 atom stereocenters. The van der Waals surface area contributed by atoms with Gasteiger partial charge in [-0.05, 0) is 36.2 Å². The number of halogens is 1. The molecule has 0 fully saturated rings. The van der Waals surface area contributed by atoms with Crippen LogP contribution in [0.15, 0.2) is 42.5 Å². The van der Waals surface area contributed by atoms with Gasteiger partial charge in [0.25, 0.3) is 0 Å². The zero-order chi connectivity index (χ0) is 14.4. The van der Waals surface area contributed by atoms with Crippen LogP contribution in [-0.2, 0) is 6.54 Å². The SMILES string of the molecule is Cc1cccc(F)c1NCc1ccc(OCC#N)cc1. The minimum Gasteiger partial charge on any atom is -0.479 e. The summed E-state index contributed by atoms with van der Waals surface area (Å²) in [5.41, 5.74) is 2.41. The first-order valence-corrected chi connectivity index (χ1v) is 6.28. The summed E-state index contributed by atoms with van der Waals surface area (Å²) in [6, 6.07) is 14.3. The summed E-state index contributed by atoms with van der Waals surface area (Å²) >= 11 is 0. The summed E-state index contributed by atoms with van der Waals surface area (Å²) in [5.74, 6) is 0.399. The van der Waals surface area contributed by atoms with E-state index in [-0.39, 0.29) is 12.4 Å². The van der Waals surface area contributed by atoms with E-state index in [1.807, 2.05) is 31.2 Å². The number of nitrogens with zero attached hydrogens (tertiary/aromatic N) is 1. The van der Waals surface area contributed by atoms with Crippen molar-refractivity contribution in [3.8, 4) is 11.8 Å². The van der Waals surface area contributed by atoms with E-state index in [9.17, 15) is 4.39 Å². The number of hydrogen-bond donors (Lipinski definition) is 1. The van der Waals surface area contributed by atoms with Gasteiger partial charge in [0.05, 0.1) is 5.69 Å². The molecule has 0 saturated carbocycles. The summed E-state index contributed by atoms with van der Waals surface area (Å²) in [6.07, 6.45) is 0. The Balaban J connectivity index is 1.99. The molecule has 0 spiro atoms. The molecule has 0 aromatic heterocycles. The predicted molar refractivity (Wildman–Crippen MR) is 76.0 cm³/mol. The molecule has 0 radical (unpaired) electrons. The molecule has 0 bridgehead atoms. The van der Waals surface area contributed by atoms with Crippen LogP contribution < -0.4 is 10.1 Å². The lowest BCUT2D eigenvalue weighted by molar-refractivity contribution is 0.368. The van der Waals surface area contributed by atoms with E-state index in [0.29, 0.717) is 18.0 Å². The van der Waals surface area contributed by atoms with Gasteiger partial charge in [-0.15, -0.1) is 0 Å². The molecule has 0 unspecified atom stereocenters. The fourth-order valence-corrected chi connectivity index (χ4v) is 1.87. The Labute approximate surface area is 117 Å². The maximum atomic E-state index is 13.6. The van der Waals surface area contributed by atoms with E-state index in [1.165, 1.54) is 6.07 Å². The second kappa shape index (κ2) is 6.58. The third-order valence-corrected chi connectivity index (χ3v) is 2.92. The van der Waals surface area contributed by atoms with Gasteiger partial charge in [0, 0.05) is 6.54 Å². The van der Waals surface area contributed by atoms with Crippen molar-refractivity contribution in [2.75, 3.05) is 11.9 Å². The highest BCUT2D eigenvalue weighted by molar-refractivity contribution is 5.52. The molecule has 2 aromatic rings. The predicted octanol–water partition coefficient (Wildman–Crippen LogP) is 3.65. The van der Waals surface area contributed by atoms with Crippen molar-refractivity contribution in [3.05, 3.63) is 59.4 Å². The molecule has 0 saturated heterocycles. The van der Waals surface area contributed by atoms with Crippen LogP contribution in [0, 0.1) is 24.1 Å². The second-order valence-electron chi connectivity index (χ2n) is 4.38.